The van der Waals surface area contributed by atoms with Gasteiger partial charge in [-0.05, 0) is 58.7 Å². The molecule has 10 heteroatoms. The van der Waals surface area contributed by atoms with Gasteiger partial charge in [-0.3, -0.25) is 4.68 Å². The van der Waals surface area contributed by atoms with Crippen molar-refractivity contribution in [3.8, 4) is 16.9 Å². The normalized spacial score (nSPS) is 12.3. The van der Waals surface area contributed by atoms with Crippen LogP contribution >= 0.6 is 0 Å². The standard InChI is InChI=1S/C27H26F3N3O3S/c1-18(37(34,35)32(2)17-19-5-11-24(36-4)12-6-19)13-22-14-21(15-26-25(22)16-31-33(26)3)20-7-9-23(10-8-20)27(28,29)30/h5-12,14-16H,1,13,17H2,2-4H3. The van der Waals surface area contributed by atoms with E-state index in [0.717, 1.165) is 28.6 Å². The van der Waals surface area contributed by atoms with Gasteiger partial charge >= 0.3 is 6.18 Å². The lowest BCUT2D eigenvalue weighted by Crippen LogP contribution is -2.28. The molecule has 0 aliphatic carbocycles. The van der Waals surface area contributed by atoms with E-state index in [1.165, 1.54) is 23.5 Å². The molecule has 194 valence electrons. The van der Waals surface area contributed by atoms with E-state index in [1.807, 2.05) is 6.07 Å². The lowest BCUT2D eigenvalue weighted by Gasteiger charge is -2.19. The molecule has 0 spiro atoms. The van der Waals surface area contributed by atoms with Crippen molar-refractivity contribution >= 4 is 20.9 Å². The number of ether oxygens (including phenoxy) is 1. The van der Waals surface area contributed by atoms with Crippen LogP contribution in [0.5, 0.6) is 5.75 Å². The van der Waals surface area contributed by atoms with Gasteiger partial charge in [0.05, 0.1) is 29.3 Å². The summed E-state index contributed by atoms with van der Waals surface area (Å²) >= 11 is 0. The van der Waals surface area contributed by atoms with Crippen LogP contribution in [0, 0.1) is 0 Å². The zero-order valence-electron chi connectivity index (χ0n) is 20.6. The number of methoxy groups -OCH3 is 1. The second-order valence-electron chi connectivity index (χ2n) is 8.74. The Hall–Kier alpha value is -3.63. The summed E-state index contributed by atoms with van der Waals surface area (Å²) < 4.78 is 73.6. The minimum Gasteiger partial charge on any atom is -0.497 e. The van der Waals surface area contributed by atoms with Crippen molar-refractivity contribution in [2.24, 2.45) is 7.05 Å². The number of halogens is 3. The number of nitrogens with zero attached hydrogens (tertiary/aromatic N) is 3. The van der Waals surface area contributed by atoms with Crippen molar-refractivity contribution in [1.82, 2.24) is 14.1 Å². The number of aromatic nitrogens is 2. The Morgan fingerprint density at radius 3 is 2.30 bits per heavy atom. The minimum absolute atomic E-state index is 0.00164. The van der Waals surface area contributed by atoms with Gasteiger partial charge in [-0.15, -0.1) is 0 Å². The molecule has 0 bridgehead atoms. The molecule has 0 unspecified atom stereocenters. The van der Waals surface area contributed by atoms with Crippen molar-refractivity contribution in [1.29, 1.82) is 0 Å². The van der Waals surface area contributed by atoms with Gasteiger partial charge in [0.2, 0.25) is 10.0 Å². The summed E-state index contributed by atoms with van der Waals surface area (Å²) in [6.07, 6.45) is -2.77. The van der Waals surface area contributed by atoms with Gasteiger partial charge in [0.15, 0.2) is 0 Å². The van der Waals surface area contributed by atoms with Crippen molar-refractivity contribution in [2.75, 3.05) is 14.2 Å². The summed E-state index contributed by atoms with van der Waals surface area (Å²) in [4.78, 5) is -0.00164. The fourth-order valence-electron chi connectivity index (χ4n) is 4.08. The van der Waals surface area contributed by atoms with Gasteiger partial charge in [0.1, 0.15) is 5.75 Å². The third kappa shape index (κ3) is 5.55. The molecule has 37 heavy (non-hydrogen) atoms. The van der Waals surface area contributed by atoms with Gasteiger partial charge in [-0.2, -0.15) is 22.6 Å². The van der Waals surface area contributed by atoms with Crippen LogP contribution in [0.2, 0.25) is 0 Å². The van der Waals surface area contributed by atoms with Crippen LogP contribution in [0.4, 0.5) is 13.2 Å². The topological polar surface area (TPSA) is 64.4 Å². The lowest BCUT2D eigenvalue weighted by atomic mass is 9.98. The predicted octanol–water partition coefficient (Wildman–Crippen LogP) is 5.79. The molecule has 0 saturated heterocycles. The highest BCUT2D eigenvalue weighted by atomic mass is 32.2. The monoisotopic (exact) mass is 529 g/mol. The van der Waals surface area contributed by atoms with Crippen LogP contribution in [0.15, 0.2) is 78.3 Å². The SMILES string of the molecule is C=C(Cc1cc(-c2ccc(C(F)(F)F)cc2)cc2c1cnn2C)S(=O)(=O)N(C)Cc1ccc(OC)cc1. The van der Waals surface area contributed by atoms with Crippen molar-refractivity contribution in [2.45, 2.75) is 19.1 Å². The highest BCUT2D eigenvalue weighted by Crippen LogP contribution is 2.33. The quantitative estimate of drug-likeness (QED) is 0.290. The van der Waals surface area contributed by atoms with Gasteiger partial charge in [-0.25, -0.2) is 8.42 Å². The zero-order chi connectivity index (χ0) is 27.0. The molecular weight excluding hydrogens is 503 g/mol. The first-order valence-electron chi connectivity index (χ1n) is 11.3. The highest BCUT2D eigenvalue weighted by molar-refractivity contribution is 7.92. The third-order valence-electron chi connectivity index (χ3n) is 6.23. The summed E-state index contributed by atoms with van der Waals surface area (Å²) in [6, 6.07) is 15.6. The second-order valence-corrected chi connectivity index (χ2v) is 10.9. The molecule has 0 atom stereocenters. The molecule has 0 N–H and O–H groups in total. The van der Waals surface area contributed by atoms with E-state index in [4.69, 9.17) is 4.74 Å². The van der Waals surface area contributed by atoms with E-state index in [2.05, 4.69) is 11.7 Å². The Kier molecular flexibility index (Phi) is 7.16. The molecule has 0 radical (unpaired) electrons. The van der Waals surface area contributed by atoms with E-state index in [9.17, 15) is 21.6 Å². The summed E-state index contributed by atoms with van der Waals surface area (Å²) in [5.41, 5.74) is 2.66. The first kappa shape index (κ1) is 26.4. The predicted molar refractivity (Wildman–Crippen MR) is 137 cm³/mol. The number of sulfonamides is 1. The summed E-state index contributed by atoms with van der Waals surface area (Å²) in [6.45, 7) is 4.02. The Labute approximate surface area is 213 Å². The van der Waals surface area contributed by atoms with Crippen LogP contribution in [-0.4, -0.2) is 36.7 Å². The van der Waals surface area contributed by atoms with Gasteiger partial charge < -0.3 is 4.74 Å². The first-order chi connectivity index (χ1) is 17.4. The maximum atomic E-state index is 13.3. The van der Waals surface area contributed by atoms with E-state index < -0.39 is 21.8 Å². The number of rotatable bonds is 8. The number of alkyl halides is 3. The van der Waals surface area contributed by atoms with Gasteiger partial charge in [0, 0.05) is 32.4 Å². The van der Waals surface area contributed by atoms with Crippen LogP contribution < -0.4 is 4.74 Å². The molecule has 0 saturated carbocycles. The van der Waals surface area contributed by atoms with Crippen LogP contribution in [0.25, 0.3) is 22.0 Å². The molecule has 6 nitrogen and oxygen atoms in total. The first-order valence-corrected chi connectivity index (χ1v) is 12.7. The molecule has 0 aliphatic rings. The van der Waals surface area contributed by atoms with Crippen LogP contribution in [0.3, 0.4) is 0 Å². The molecular formula is C27H26F3N3O3S. The number of aryl methyl sites for hydroxylation is 1. The van der Waals surface area contributed by atoms with Crippen molar-refractivity contribution in [3.63, 3.8) is 0 Å². The summed E-state index contributed by atoms with van der Waals surface area (Å²) in [5, 5.41) is 5.02. The fraction of sp³-hybridized carbons (Fsp3) is 0.222. The number of hydrogen-bond donors (Lipinski definition) is 0. The van der Waals surface area contributed by atoms with E-state index in [0.29, 0.717) is 22.4 Å². The molecule has 0 fully saturated rings. The average molecular weight is 530 g/mol. The Bertz CT molecular complexity index is 1540. The lowest BCUT2D eigenvalue weighted by molar-refractivity contribution is -0.137. The number of hydrogen-bond acceptors (Lipinski definition) is 4. The third-order valence-corrected chi connectivity index (χ3v) is 8.05. The van der Waals surface area contributed by atoms with Crippen LogP contribution in [-0.2, 0) is 36.2 Å². The minimum atomic E-state index is -4.43. The summed E-state index contributed by atoms with van der Waals surface area (Å²) in [5.74, 6) is 0.673. The number of allylic oxidation sites excluding steroid dienone is 1. The maximum absolute atomic E-state index is 13.3. The Balaban J connectivity index is 1.63. The smallest absolute Gasteiger partial charge is 0.416 e. The molecule has 0 amide bonds. The fourth-order valence-corrected chi connectivity index (χ4v) is 5.18. The Morgan fingerprint density at radius 2 is 1.70 bits per heavy atom. The van der Waals surface area contributed by atoms with E-state index in [-0.39, 0.29) is 17.9 Å². The van der Waals surface area contributed by atoms with E-state index in [1.54, 1.807) is 55.4 Å². The largest absolute Gasteiger partial charge is 0.497 e. The molecule has 4 aromatic rings. The second kappa shape index (κ2) is 10.0. The van der Waals surface area contributed by atoms with Crippen molar-refractivity contribution < 1.29 is 26.3 Å². The van der Waals surface area contributed by atoms with Crippen molar-refractivity contribution in [3.05, 3.63) is 95.0 Å². The molecule has 0 aliphatic heterocycles. The van der Waals surface area contributed by atoms with Crippen LogP contribution in [0.1, 0.15) is 16.7 Å². The maximum Gasteiger partial charge on any atom is 0.416 e. The molecule has 1 heterocycles. The highest BCUT2D eigenvalue weighted by Gasteiger charge is 2.30. The van der Waals surface area contributed by atoms with Gasteiger partial charge in [0.25, 0.3) is 0 Å². The molecule has 4 rings (SSSR count). The molecule has 3 aromatic carbocycles. The van der Waals surface area contributed by atoms with E-state index >= 15 is 0 Å². The summed E-state index contributed by atoms with van der Waals surface area (Å²) in [7, 11) is 0.936. The zero-order valence-corrected chi connectivity index (χ0v) is 21.4. The number of fused-ring (bicyclic) bond motifs is 1. The number of benzene rings is 3. The average Bonchev–Trinajstić information content (AvgIpc) is 3.24. The Morgan fingerprint density at radius 1 is 1.05 bits per heavy atom. The van der Waals surface area contributed by atoms with Gasteiger partial charge in [-0.1, -0.05) is 30.8 Å². The molecule has 1 aromatic heterocycles.